The highest BCUT2D eigenvalue weighted by Gasteiger charge is 2.42. The number of hydrogen-bond acceptors (Lipinski definition) is 4. The Hall–Kier alpha value is -2.16. The molecule has 136 valence electrons. The third kappa shape index (κ3) is 3.27. The molecule has 1 heterocycles. The third-order valence-electron chi connectivity index (χ3n) is 4.33. The summed E-state index contributed by atoms with van der Waals surface area (Å²) in [6, 6.07) is 8.43. The minimum absolute atomic E-state index is 0.0231. The van der Waals surface area contributed by atoms with E-state index in [0.717, 1.165) is 5.56 Å². The maximum atomic E-state index is 13.3. The van der Waals surface area contributed by atoms with Gasteiger partial charge in [-0.05, 0) is 30.2 Å². The van der Waals surface area contributed by atoms with Crippen LogP contribution in [0, 0.1) is 5.82 Å². The molecule has 0 radical (unpaired) electrons. The van der Waals surface area contributed by atoms with Gasteiger partial charge in [-0.1, -0.05) is 23.7 Å². The molecule has 0 spiro atoms. The van der Waals surface area contributed by atoms with Gasteiger partial charge in [0.15, 0.2) is 6.61 Å². The Morgan fingerprint density at radius 1 is 1.27 bits per heavy atom. The Morgan fingerprint density at radius 3 is 2.85 bits per heavy atom. The van der Waals surface area contributed by atoms with Crippen molar-refractivity contribution in [2.75, 3.05) is 11.9 Å². The van der Waals surface area contributed by atoms with Crippen LogP contribution < -0.4 is 14.8 Å². The number of sulfonamides is 1. The number of carbonyl (C=O) groups is 1. The maximum absolute atomic E-state index is 13.3. The Morgan fingerprint density at radius 2 is 2.08 bits per heavy atom. The summed E-state index contributed by atoms with van der Waals surface area (Å²) in [6.45, 7) is -0.189. The van der Waals surface area contributed by atoms with Crippen LogP contribution in [-0.2, 0) is 14.8 Å². The van der Waals surface area contributed by atoms with E-state index >= 15 is 0 Å². The van der Waals surface area contributed by atoms with Crippen LogP contribution in [0.4, 0.5) is 10.1 Å². The van der Waals surface area contributed by atoms with Crippen LogP contribution in [0.15, 0.2) is 41.3 Å². The van der Waals surface area contributed by atoms with Crippen molar-refractivity contribution in [3.05, 3.63) is 52.8 Å². The number of benzene rings is 2. The molecule has 0 bridgehead atoms. The van der Waals surface area contributed by atoms with Gasteiger partial charge >= 0.3 is 0 Å². The number of anilines is 1. The number of ether oxygens (including phenoxy) is 1. The zero-order chi connectivity index (χ0) is 18.5. The van der Waals surface area contributed by atoms with Crippen molar-refractivity contribution >= 4 is 33.2 Å². The number of hydrogen-bond donors (Lipinski definition) is 2. The van der Waals surface area contributed by atoms with Crippen molar-refractivity contribution in [3.63, 3.8) is 0 Å². The van der Waals surface area contributed by atoms with Crippen LogP contribution in [0.1, 0.15) is 17.9 Å². The van der Waals surface area contributed by atoms with Gasteiger partial charge in [0.25, 0.3) is 5.91 Å². The smallest absolute Gasteiger partial charge is 0.262 e. The Bertz CT molecular complexity index is 1010. The minimum Gasteiger partial charge on any atom is -0.482 e. The van der Waals surface area contributed by atoms with Crippen molar-refractivity contribution in [2.24, 2.45) is 0 Å². The quantitative estimate of drug-likeness (QED) is 0.832. The molecule has 1 fully saturated rings. The Balaban J connectivity index is 1.55. The molecule has 0 unspecified atom stereocenters. The first kappa shape index (κ1) is 17.3. The van der Waals surface area contributed by atoms with Gasteiger partial charge in [0.05, 0.1) is 10.7 Å². The summed E-state index contributed by atoms with van der Waals surface area (Å²) < 4.78 is 46.5. The van der Waals surface area contributed by atoms with E-state index in [9.17, 15) is 17.6 Å². The molecule has 1 aliphatic heterocycles. The lowest BCUT2D eigenvalue weighted by Gasteiger charge is -2.19. The summed E-state index contributed by atoms with van der Waals surface area (Å²) in [6.07, 6.45) is 0.581. The van der Waals surface area contributed by atoms with Gasteiger partial charge in [-0.25, -0.2) is 17.5 Å². The van der Waals surface area contributed by atoms with Gasteiger partial charge < -0.3 is 10.1 Å². The number of rotatable bonds is 4. The summed E-state index contributed by atoms with van der Waals surface area (Å²) in [5, 5.41) is 2.54. The van der Waals surface area contributed by atoms with Crippen LogP contribution in [0.25, 0.3) is 0 Å². The van der Waals surface area contributed by atoms with Gasteiger partial charge in [0.2, 0.25) is 10.0 Å². The first-order valence-electron chi connectivity index (χ1n) is 7.87. The summed E-state index contributed by atoms with van der Waals surface area (Å²) >= 11 is 6.10. The van der Waals surface area contributed by atoms with Crippen LogP contribution in [0.2, 0.25) is 5.02 Å². The zero-order valence-electron chi connectivity index (χ0n) is 13.3. The third-order valence-corrected chi connectivity index (χ3v) is 6.28. The number of nitrogens with one attached hydrogen (secondary N) is 2. The van der Waals surface area contributed by atoms with E-state index in [1.807, 2.05) is 0 Å². The molecule has 4 rings (SSSR count). The lowest BCUT2D eigenvalue weighted by molar-refractivity contribution is -0.118. The Labute approximate surface area is 154 Å². The maximum Gasteiger partial charge on any atom is 0.262 e. The molecule has 0 aromatic heterocycles. The molecule has 1 aliphatic carbocycles. The average molecular weight is 397 g/mol. The fourth-order valence-corrected chi connectivity index (χ4v) is 4.81. The second kappa shape index (κ2) is 6.22. The predicted octanol–water partition coefficient (Wildman–Crippen LogP) is 2.64. The molecule has 2 N–H and O–H groups in total. The first-order valence-corrected chi connectivity index (χ1v) is 9.73. The van der Waals surface area contributed by atoms with Crippen molar-refractivity contribution in [3.8, 4) is 5.75 Å². The van der Waals surface area contributed by atoms with E-state index in [4.69, 9.17) is 16.3 Å². The zero-order valence-corrected chi connectivity index (χ0v) is 14.9. The standard InChI is InChI=1S/C17H14ClFN2O4S/c18-12-6-14-15(25-8-17(22)20-14)7-16(12)26(23,24)21-13-5-11(13)9-2-1-3-10(19)4-9/h1-4,6-7,11,13,21H,5,8H2,(H,20,22)/t11-,13+/m0/s1. The normalized spacial score (nSPS) is 21.5. The van der Waals surface area contributed by atoms with E-state index in [-0.39, 0.29) is 46.0 Å². The molecular weight excluding hydrogens is 383 g/mol. The SMILES string of the molecule is O=C1COc2cc(S(=O)(=O)N[C@@H]3C[C@H]3c3cccc(F)c3)c(Cl)cc2N1. The first-order chi connectivity index (χ1) is 12.3. The average Bonchev–Trinajstić information content (AvgIpc) is 3.32. The van der Waals surface area contributed by atoms with E-state index in [1.54, 1.807) is 12.1 Å². The lowest BCUT2D eigenvalue weighted by atomic mass is 10.1. The van der Waals surface area contributed by atoms with E-state index < -0.39 is 10.0 Å². The molecule has 2 atom stereocenters. The molecule has 1 amide bonds. The molecule has 0 saturated heterocycles. The van der Waals surface area contributed by atoms with Gasteiger partial charge in [-0.2, -0.15) is 0 Å². The highest BCUT2D eigenvalue weighted by molar-refractivity contribution is 7.89. The van der Waals surface area contributed by atoms with Gasteiger partial charge in [0.1, 0.15) is 16.5 Å². The summed E-state index contributed by atoms with van der Waals surface area (Å²) in [5.74, 6) is -0.523. The topological polar surface area (TPSA) is 84.5 Å². The number of carbonyl (C=O) groups excluding carboxylic acids is 1. The monoisotopic (exact) mass is 396 g/mol. The van der Waals surface area contributed by atoms with Gasteiger partial charge in [-0.15, -0.1) is 0 Å². The fourth-order valence-electron chi connectivity index (χ4n) is 2.98. The molecular formula is C17H14ClFN2O4S. The predicted molar refractivity (Wildman–Crippen MR) is 93.4 cm³/mol. The van der Waals surface area contributed by atoms with Crippen molar-refractivity contribution < 1.29 is 22.3 Å². The van der Waals surface area contributed by atoms with Crippen LogP contribution in [0.3, 0.4) is 0 Å². The van der Waals surface area contributed by atoms with E-state index in [0.29, 0.717) is 12.1 Å². The molecule has 26 heavy (non-hydrogen) atoms. The van der Waals surface area contributed by atoms with E-state index in [2.05, 4.69) is 10.0 Å². The highest BCUT2D eigenvalue weighted by atomic mass is 35.5. The van der Waals surface area contributed by atoms with Crippen molar-refractivity contribution in [2.45, 2.75) is 23.3 Å². The highest BCUT2D eigenvalue weighted by Crippen LogP contribution is 2.43. The van der Waals surface area contributed by atoms with Crippen LogP contribution in [0.5, 0.6) is 5.75 Å². The summed E-state index contributed by atoms with van der Waals surface area (Å²) in [7, 11) is -3.89. The molecule has 6 nitrogen and oxygen atoms in total. The van der Waals surface area contributed by atoms with Crippen LogP contribution in [-0.4, -0.2) is 27.0 Å². The minimum atomic E-state index is -3.89. The van der Waals surface area contributed by atoms with Crippen LogP contribution >= 0.6 is 11.6 Å². The Kier molecular flexibility index (Phi) is 4.13. The number of amides is 1. The number of halogens is 2. The molecule has 1 saturated carbocycles. The number of fused-ring (bicyclic) bond motifs is 1. The molecule has 2 aliphatic rings. The van der Waals surface area contributed by atoms with Crippen molar-refractivity contribution in [1.29, 1.82) is 0 Å². The fraction of sp³-hybridized carbons (Fsp3) is 0.235. The van der Waals surface area contributed by atoms with Gasteiger partial charge in [-0.3, -0.25) is 4.79 Å². The summed E-state index contributed by atoms with van der Waals surface area (Å²) in [4.78, 5) is 11.2. The second-order valence-corrected chi connectivity index (χ2v) is 8.33. The summed E-state index contributed by atoms with van der Waals surface area (Å²) in [5.41, 5.74) is 1.08. The molecule has 2 aromatic carbocycles. The second-order valence-electron chi connectivity index (χ2n) is 6.24. The van der Waals surface area contributed by atoms with E-state index in [1.165, 1.54) is 24.3 Å². The van der Waals surface area contributed by atoms with Gasteiger partial charge in [0, 0.05) is 18.0 Å². The molecule has 2 aromatic rings. The lowest BCUT2D eigenvalue weighted by Crippen LogP contribution is -2.28. The molecule has 9 heteroatoms. The largest absolute Gasteiger partial charge is 0.482 e. The van der Waals surface area contributed by atoms with Crippen molar-refractivity contribution in [1.82, 2.24) is 4.72 Å².